The zero-order valence-corrected chi connectivity index (χ0v) is 13.5. The number of rotatable bonds is 3. The molecule has 0 spiro atoms. The van der Waals surface area contributed by atoms with E-state index in [9.17, 15) is 9.90 Å². The Kier molecular flexibility index (Phi) is 4.70. The van der Waals surface area contributed by atoms with Gasteiger partial charge >= 0.3 is 6.03 Å². The van der Waals surface area contributed by atoms with Gasteiger partial charge in [0.05, 0.1) is 5.60 Å². The molecule has 1 fully saturated rings. The van der Waals surface area contributed by atoms with Crippen molar-refractivity contribution in [2.45, 2.75) is 45.1 Å². The molecule has 1 aliphatic rings. The largest absolute Gasteiger partial charge is 0.388 e. The lowest BCUT2D eigenvalue weighted by Gasteiger charge is -2.22. The number of hydrogen-bond donors (Lipinski definition) is 3. The van der Waals surface area contributed by atoms with Crippen LogP contribution >= 0.6 is 15.9 Å². The highest BCUT2D eigenvalue weighted by molar-refractivity contribution is 9.10. The number of benzene rings is 1. The minimum Gasteiger partial charge on any atom is -0.388 e. The van der Waals surface area contributed by atoms with Crippen LogP contribution in [0.3, 0.4) is 0 Å². The molecule has 5 heteroatoms. The Bertz CT molecular complexity index is 488. The first-order valence-electron chi connectivity index (χ1n) is 6.94. The lowest BCUT2D eigenvalue weighted by Crippen LogP contribution is -2.42. The van der Waals surface area contributed by atoms with Crippen LogP contribution in [0, 0.1) is 13.8 Å². The maximum Gasteiger partial charge on any atom is 0.319 e. The number of anilines is 1. The van der Waals surface area contributed by atoms with Gasteiger partial charge in [-0.05, 0) is 49.9 Å². The number of aryl methyl sites for hydroxylation is 2. The third-order valence-corrected chi connectivity index (χ3v) is 4.31. The Morgan fingerprint density at radius 3 is 2.40 bits per heavy atom. The van der Waals surface area contributed by atoms with Gasteiger partial charge in [-0.1, -0.05) is 28.8 Å². The van der Waals surface area contributed by atoms with Gasteiger partial charge in [-0.15, -0.1) is 0 Å². The van der Waals surface area contributed by atoms with Crippen LogP contribution in [-0.4, -0.2) is 23.3 Å². The first-order chi connectivity index (χ1) is 9.39. The van der Waals surface area contributed by atoms with Crippen LogP contribution in [0.1, 0.15) is 36.8 Å². The fourth-order valence-electron chi connectivity index (χ4n) is 2.72. The molecule has 1 aromatic rings. The molecule has 0 saturated heterocycles. The number of hydrogen-bond acceptors (Lipinski definition) is 2. The molecule has 1 aromatic carbocycles. The van der Waals surface area contributed by atoms with Crippen molar-refractivity contribution < 1.29 is 9.90 Å². The van der Waals surface area contributed by atoms with E-state index < -0.39 is 5.60 Å². The summed E-state index contributed by atoms with van der Waals surface area (Å²) >= 11 is 3.43. The van der Waals surface area contributed by atoms with E-state index in [1.807, 2.05) is 26.0 Å². The normalized spacial score (nSPS) is 17.0. The van der Waals surface area contributed by atoms with Crippen LogP contribution in [-0.2, 0) is 0 Å². The summed E-state index contributed by atoms with van der Waals surface area (Å²) in [6.07, 6.45) is 3.60. The quantitative estimate of drug-likeness (QED) is 0.788. The van der Waals surface area contributed by atoms with Gasteiger partial charge in [0.1, 0.15) is 0 Å². The van der Waals surface area contributed by atoms with Crippen LogP contribution in [0.25, 0.3) is 0 Å². The standard InChI is InChI=1S/C15H21BrN2O2/c1-10-7-12(16)8-11(2)13(10)18-14(19)17-9-15(20)5-3-4-6-15/h7-8,20H,3-6,9H2,1-2H3,(H2,17,18,19). The highest BCUT2D eigenvalue weighted by atomic mass is 79.9. The monoisotopic (exact) mass is 340 g/mol. The van der Waals surface area contributed by atoms with Crippen LogP contribution < -0.4 is 10.6 Å². The molecular formula is C15H21BrN2O2. The lowest BCUT2D eigenvalue weighted by molar-refractivity contribution is 0.0506. The number of carbonyl (C=O) groups excluding carboxylic acids is 1. The van der Waals surface area contributed by atoms with Gasteiger partial charge < -0.3 is 15.7 Å². The third kappa shape index (κ3) is 3.73. The van der Waals surface area contributed by atoms with Crippen molar-refractivity contribution in [2.75, 3.05) is 11.9 Å². The van der Waals surface area contributed by atoms with E-state index in [0.717, 1.165) is 47.0 Å². The van der Waals surface area contributed by atoms with E-state index in [1.54, 1.807) is 0 Å². The fraction of sp³-hybridized carbons (Fsp3) is 0.533. The number of amides is 2. The van der Waals surface area contributed by atoms with Gasteiger partial charge in [0, 0.05) is 16.7 Å². The molecule has 0 aliphatic heterocycles. The number of halogens is 1. The van der Waals surface area contributed by atoms with Crippen LogP contribution in [0.4, 0.5) is 10.5 Å². The summed E-state index contributed by atoms with van der Waals surface area (Å²) in [5, 5.41) is 15.8. The van der Waals surface area contributed by atoms with Gasteiger partial charge in [-0.2, -0.15) is 0 Å². The van der Waals surface area contributed by atoms with Crippen LogP contribution in [0.5, 0.6) is 0 Å². The second kappa shape index (κ2) is 6.14. The topological polar surface area (TPSA) is 61.4 Å². The smallest absolute Gasteiger partial charge is 0.319 e. The minimum atomic E-state index is -0.721. The average molecular weight is 341 g/mol. The number of aliphatic hydroxyl groups is 1. The molecule has 2 rings (SSSR count). The summed E-state index contributed by atoms with van der Waals surface area (Å²) in [5.41, 5.74) is 2.11. The molecule has 0 unspecified atom stereocenters. The summed E-state index contributed by atoms with van der Waals surface area (Å²) in [5.74, 6) is 0. The van der Waals surface area contributed by atoms with Gasteiger partial charge in [0.25, 0.3) is 0 Å². The van der Waals surface area contributed by atoms with Gasteiger partial charge in [0.2, 0.25) is 0 Å². The Balaban J connectivity index is 1.95. The number of nitrogens with one attached hydrogen (secondary N) is 2. The Hall–Kier alpha value is -1.07. The SMILES string of the molecule is Cc1cc(Br)cc(C)c1NC(=O)NCC1(O)CCCC1. The van der Waals surface area contributed by atoms with E-state index in [0.29, 0.717) is 6.54 Å². The predicted octanol–water partition coefficient (Wildman–Crippen LogP) is 3.49. The molecule has 3 N–H and O–H groups in total. The zero-order chi connectivity index (χ0) is 14.8. The summed E-state index contributed by atoms with van der Waals surface area (Å²) in [6, 6.07) is 3.67. The molecule has 0 heterocycles. The summed E-state index contributed by atoms with van der Waals surface area (Å²) in [4.78, 5) is 12.0. The van der Waals surface area contributed by atoms with E-state index in [4.69, 9.17) is 0 Å². The first-order valence-corrected chi connectivity index (χ1v) is 7.73. The van der Waals surface area contributed by atoms with Crippen molar-refractivity contribution in [3.8, 4) is 0 Å². The first kappa shape index (κ1) is 15.3. The van der Waals surface area contributed by atoms with Crippen molar-refractivity contribution in [3.63, 3.8) is 0 Å². The third-order valence-electron chi connectivity index (χ3n) is 3.85. The molecule has 0 atom stereocenters. The molecule has 0 aromatic heterocycles. The molecule has 2 amide bonds. The molecule has 1 aliphatic carbocycles. The van der Waals surface area contributed by atoms with Gasteiger partial charge in [-0.25, -0.2) is 4.79 Å². The fourth-order valence-corrected chi connectivity index (χ4v) is 3.41. The van der Waals surface area contributed by atoms with Crippen molar-refractivity contribution in [3.05, 3.63) is 27.7 Å². The average Bonchev–Trinajstić information content (AvgIpc) is 2.79. The van der Waals surface area contributed by atoms with E-state index in [2.05, 4.69) is 26.6 Å². The van der Waals surface area contributed by atoms with Crippen LogP contribution in [0.15, 0.2) is 16.6 Å². The highest BCUT2D eigenvalue weighted by Crippen LogP contribution is 2.29. The zero-order valence-electron chi connectivity index (χ0n) is 11.9. The maximum absolute atomic E-state index is 12.0. The predicted molar refractivity (Wildman–Crippen MR) is 84.1 cm³/mol. The molecule has 0 bridgehead atoms. The maximum atomic E-state index is 12.0. The second-order valence-electron chi connectivity index (χ2n) is 5.65. The van der Waals surface area contributed by atoms with Crippen molar-refractivity contribution in [1.29, 1.82) is 0 Å². The van der Waals surface area contributed by atoms with Gasteiger partial charge in [0.15, 0.2) is 0 Å². The highest BCUT2D eigenvalue weighted by Gasteiger charge is 2.31. The molecular weight excluding hydrogens is 320 g/mol. The summed E-state index contributed by atoms with van der Waals surface area (Å²) in [7, 11) is 0. The Morgan fingerprint density at radius 2 is 1.85 bits per heavy atom. The van der Waals surface area contributed by atoms with E-state index in [1.165, 1.54) is 0 Å². The number of urea groups is 1. The number of carbonyl (C=O) groups is 1. The van der Waals surface area contributed by atoms with Gasteiger partial charge in [-0.3, -0.25) is 0 Å². The molecule has 0 radical (unpaired) electrons. The molecule has 1 saturated carbocycles. The van der Waals surface area contributed by atoms with Crippen molar-refractivity contribution in [1.82, 2.24) is 5.32 Å². The van der Waals surface area contributed by atoms with Crippen LogP contribution in [0.2, 0.25) is 0 Å². The summed E-state index contributed by atoms with van der Waals surface area (Å²) in [6.45, 7) is 4.23. The molecule has 20 heavy (non-hydrogen) atoms. The summed E-state index contributed by atoms with van der Waals surface area (Å²) < 4.78 is 0.999. The Morgan fingerprint density at radius 1 is 1.30 bits per heavy atom. The molecule has 110 valence electrons. The van der Waals surface area contributed by atoms with E-state index in [-0.39, 0.29) is 6.03 Å². The van der Waals surface area contributed by atoms with Crippen molar-refractivity contribution >= 4 is 27.6 Å². The molecule has 4 nitrogen and oxygen atoms in total. The lowest BCUT2D eigenvalue weighted by atomic mass is 10.0. The van der Waals surface area contributed by atoms with E-state index >= 15 is 0 Å². The second-order valence-corrected chi connectivity index (χ2v) is 6.57. The minimum absolute atomic E-state index is 0.265. The Labute approximate surface area is 128 Å². The van der Waals surface area contributed by atoms with Crippen molar-refractivity contribution in [2.24, 2.45) is 0 Å².